The van der Waals surface area contributed by atoms with E-state index >= 15 is 0 Å². The highest BCUT2D eigenvalue weighted by Gasteiger charge is 2.37. The van der Waals surface area contributed by atoms with Crippen LogP contribution < -0.4 is 4.74 Å². The minimum absolute atomic E-state index is 0.132. The van der Waals surface area contributed by atoms with Gasteiger partial charge in [0.05, 0.1) is 0 Å². The molecule has 1 aliphatic carbocycles. The number of ether oxygens (including phenoxy) is 1. The maximum absolute atomic E-state index is 11.9. The molecule has 2 atom stereocenters. The Morgan fingerprint density at radius 3 is 2.56 bits per heavy atom. The van der Waals surface area contributed by atoms with Crippen LogP contribution in [0, 0.1) is 5.92 Å². The minimum atomic E-state index is -2.46. The second kappa shape index (κ2) is 4.60. The lowest BCUT2D eigenvalue weighted by molar-refractivity contribution is -0.108. The highest BCUT2D eigenvalue weighted by molar-refractivity contribution is 5.61. The summed E-state index contributed by atoms with van der Waals surface area (Å²) >= 11 is 0. The predicted octanol–water partition coefficient (Wildman–Crippen LogP) is 2.63. The summed E-state index contributed by atoms with van der Waals surface area (Å²) in [5.74, 6) is 0.877. The van der Waals surface area contributed by atoms with E-state index in [1.54, 1.807) is 12.1 Å². The van der Waals surface area contributed by atoms with Gasteiger partial charge in [-0.2, -0.15) is 0 Å². The van der Waals surface area contributed by atoms with E-state index in [1.165, 1.54) is 0 Å². The summed E-state index contributed by atoms with van der Waals surface area (Å²) in [6, 6.07) is 6.99. The van der Waals surface area contributed by atoms with Crippen molar-refractivity contribution < 1.29 is 18.3 Å². The molecule has 2 rings (SSSR count). The highest BCUT2D eigenvalue weighted by Crippen LogP contribution is 2.46. The van der Waals surface area contributed by atoms with Crippen molar-refractivity contribution in [1.82, 2.24) is 0 Å². The van der Waals surface area contributed by atoms with Crippen molar-refractivity contribution in [3.8, 4) is 5.75 Å². The number of alkyl halides is 2. The smallest absolute Gasteiger partial charge is 0.272 e. The minimum Gasteiger partial charge on any atom is -0.488 e. The number of rotatable bonds is 5. The van der Waals surface area contributed by atoms with Crippen LogP contribution in [0.5, 0.6) is 5.75 Å². The molecule has 1 aromatic rings. The molecule has 0 N–H and O–H groups in total. The van der Waals surface area contributed by atoms with E-state index in [0.717, 1.165) is 18.3 Å². The van der Waals surface area contributed by atoms with Crippen molar-refractivity contribution in [2.45, 2.75) is 18.8 Å². The first-order valence-corrected chi connectivity index (χ1v) is 5.17. The highest BCUT2D eigenvalue weighted by atomic mass is 19.3. The van der Waals surface area contributed by atoms with Gasteiger partial charge in [0.1, 0.15) is 18.6 Å². The van der Waals surface area contributed by atoms with Crippen LogP contribution in [0.3, 0.4) is 0 Å². The summed E-state index contributed by atoms with van der Waals surface area (Å²) in [6.07, 6.45) is -0.602. The second-order valence-electron chi connectivity index (χ2n) is 3.91. The first-order valence-electron chi connectivity index (χ1n) is 5.17. The number of halogens is 2. The Labute approximate surface area is 92.2 Å². The van der Waals surface area contributed by atoms with Crippen molar-refractivity contribution in [3.63, 3.8) is 0 Å². The Morgan fingerprint density at radius 1 is 1.38 bits per heavy atom. The van der Waals surface area contributed by atoms with Crippen LogP contribution in [0.2, 0.25) is 0 Å². The zero-order chi connectivity index (χ0) is 11.5. The lowest BCUT2D eigenvalue weighted by Crippen LogP contribution is -2.06. The van der Waals surface area contributed by atoms with Crippen LogP contribution in [0.25, 0.3) is 0 Å². The molecule has 0 bridgehead atoms. The van der Waals surface area contributed by atoms with Gasteiger partial charge in [0.15, 0.2) is 0 Å². The van der Waals surface area contributed by atoms with Crippen molar-refractivity contribution in [3.05, 3.63) is 29.8 Å². The molecule has 1 aliphatic rings. The van der Waals surface area contributed by atoms with Gasteiger partial charge in [-0.1, -0.05) is 12.1 Å². The molecule has 0 amide bonds. The predicted molar refractivity (Wildman–Crippen MR) is 54.9 cm³/mol. The van der Waals surface area contributed by atoms with E-state index in [0.29, 0.717) is 11.7 Å². The first-order chi connectivity index (χ1) is 7.70. The Morgan fingerprint density at radius 2 is 2.06 bits per heavy atom. The third kappa shape index (κ3) is 2.56. The molecule has 2 unspecified atom stereocenters. The zero-order valence-corrected chi connectivity index (χ0v) is 8.61. The summed E-state index contributed by atoms with van der Waals surface area (Å²) in [7, 11) is 0. The van der Waals surface area contributed by atoms with Gasteiger partial charge in [0.2, 0.25) is 0 Å². The van der Waals surface area contributed by atoms with Gasteiger partial charge in [0.25, 0.3) is 6.43 Å². The standard InChI is InChI=1S/C12H12F2O2/c13-12(14)7-16-10-3-1-8(2-4-10)11-5-9(11)6-15/h1-4,6,9,11-12H,5,7H2. The van der Waals surface area contributed by atoms with E-state index in [2.05, 4.69) is 0 Å². The van der Waals surface area contributed by atoms with Crippen molar-refractivity contribution >= 4 is 6.29 Å². The maximum atomic E-state index is 11.9. The fraction of sp³-hybridized carbons (Fsp3) is 0.417. The van der Waals surface area contributed by atoms with E-state index in [-0.39, 0.29) is 5.92 Å². The van der Waals surface area contributed by atoms with Crippen molar-refractivity contribution in [1.29, 1.82) is 0 Å². The quantitative estimate of drug-likeness (QED) is 0.721. The van der Waals surface area contributed by atoms with Crippen LogP contribution in [0.15, 0.2) is 24.3 Å². The fourth-order valence-corrected chi connectivity index (χ4v) is 1.72. The molecule has 4 heteroatoms. The van der Waals surface area contributed by atoms with Gasteiger partial charge >= 0.3 is 0 Å². The lowest BCUT2D eigenvalue weighted by Gasteiger charge is -2.06. The molecule has 16 heavy (non-hydrogen) atoms. The van der Waals surface area contributed by atoms with E-state index in [1.807, 2.05) is 12.1 Å². The fourth-order valence-electron chi connectivity index (χ4n) is 1.72. The number of hydrogen-bond acceptors (Lipinski definition) is 2. The molecule has 1 aromatic carbocycles. The van der Waals surface area contributed by atoms with E-state index < -0.39 is 13.0 Å². The van der Waals surface area contributed by atoms with Gasteiger partial charge in [-0.15, -0.1) is 0 Å². The summed E-state index contributed by atoms with van der Waals surface area (Å²) in [5.41, 5.74) is 1.07. The molecular formula is C12H12F2O2. The van der Waals surface area contributed by atoms with Gasteiger partial charge in [-0.05, 0) is 30.0 Å². The molecule has 0 aliphatic heterocycles. The van der Waals surface area contributed by atoms with Crippen LogP contribution in [-0.2, 0) is 4.79 Å². The van der Waals surface area contributed by atoms with Gasteiger partial charge in [-0.25, -0.2) is 8.78 Å². The number of benzene rings is 1. The second-order valence-corrected chi connectivity index (χ2v) is 3.91. The molecule has 0 aromatic heterocycles. The number of hydrogen-bond donors (Lipinski definition) is 0. The normalized spacial score (nSPS) is 23.2. The molecular weight excluding hydrogens is 214 g/mol. The van der Waals surface area contributed by atoms with Crippen LogP contribution in [0.4, 0.5) is 8.78 Å². The lowest BCUT2D eigenvalue weighted by atomic mass is 10.1. The van der Waals surface area contributed by atoms with Crippen LogP contribution in [0.1, 0.15) is 17.9 Å². The molecule has 1 saturated carbocycles. The maximum Gasteiger partial charge on any atom is 0.272 e. The number of carbonyl (C=O) groups is 1. The Kier molecular flexibility index (Phi) is 3.17. The number of carbonyl (C=O) groups excluding carboxylic acids is 1. The average molecular weight is 226 g/mol. The van der Waals surface area contributed by atoms with Crippen molar-refractivity contribution in [2.75, 3.05) is 6.61 Å². The number of aldehydes is 1. The SMILES string of the molecule is O=CC1CC1c1ccc(OCC(F)F)cc1. The van der Waals surface area contributed by atoms with Crippen LogP contribution >= 0.6 is 0 Å². The largest absolute Gasteiger partial charge is 0.488 e. The third-order valence-corrected chi connectivity index (χ3v) is 2.70. The molecule has 0 saturated heterocycles. The molecule has 86 valence electrons. The van der Waals surface area contributed by atoms with E-state index in [9.17, 15) is 13.6 Å². The van der Waals surface area contributed by atoms with E-state index in [4.69, 9.17) is 4.74 Å². The molecule has 2 nitrogen and oxygen atoms in total. The Hall–Kier alpha value is -1.45. The molecule has 0 spiro atoms. The van der Waals surface area contributed by atoms with Gasteiger partial charge in [0, 0.05) is 5.92 Å². The summed E-state index contributed by atoms with van der Waals surface area (Å²) in [6.45, 7) is -0.584. The molecule has 0 heterocycles. The Balaban J connectivity index is 1.92. The molecule has 1 fully saturated rings. The topological polar surface area (TPSA) is 26.3 Å². The first kappa shape index (κ1) is 11.0. The van der Waals surface area contributed by atoms with Gasteiger partial charge < -0.3 is 9.53 Å². The third-order valence-electron chi connectivity index (χ3n) is 2.70. The zero-order valence-electron chi connectivity index (χ0n) is 8.61. The monoisotopic (exact) mass is 226 g/mol. The Bertz CT molecular complexity index is 362. The van der Waals surface area contributed by atoms with Crippen LogP contribution in [-0.4, -0.2) is 19.3 Å². The summed E-state index contributed by atoms with van der Waals surface area (Å²) < 4.78 is 28.6. The summed E-state index contributed by atoms with van der Waals surface area (Å²) in [4.78, 5) is 10.5. The summed E-state index contributed by atoms with van der Waals surface area (Å²) in [5, 5.41) is 0. The molecule has 0 radical (unpaired) electrons. The van der Waals surface area contributed by atoms with Crippen molar-refractivity contribution in [2.24, 2.45) is 5.92 Å². The average Bonchev–Trinajstić information content (AvgIpc) is 3.06. The van der Waals surface area contributed by atoms with Gasteiger partial charge in [-0.3, -0.25) is 0 Å².